The topological polar surface area (TPSA) is 66.9 Å². The van der Waals surface area contributed by atoms with Gasteiger partial charge in [-0.3, -0.25) is 4.79 Å². The molecular weight excluding hydrogens is 328 g/mol. The third kappa shape index (κ3) is 2.46. The summed E-state index contributed by atoms with van der Waals surface area (Å²) < 4.78 is 33.4. The molecule has 0 radical (unpaired) electrons. The van der Waals surface area contributed by atoms with Crippen molar-refractivity contribution in [2.45, 2.75) is 50.2 Å². The molecule has 130 valence electrons. The molecule has 1 fully saturated rings. The number of rotatable bonds is 2. The van der Waals surface area contributed by atoms with Crippen molar-refractivity contribution in [1.82, 2.24) is 4.31 Å². The molecule has 0 N–H and O–H groups in total. The highest BCUT2D eigenvalue weighted by atomic mass is 32.2. The van der Waals surface area contributed by atoms with E-state index in [-0.39, 0.29) is 18.1 Å². The van der Waals surface area contributed by atoms with E-state index < -0.39 is 10.0 Å². The fraction of sp³-hybridized carbons (Fsp3) is 0.588. The Morgan fingerprint density at radius 3 is 2.50 bits per heavy atom. The molecular formula is C17H22N2O4S. The number of ether oxygens (including phenoxy) is 1. The van der Waals surface area contributed by atoms with E-state index >= 15 is 0 Å². The zero-order valence-corrected chi connectivity index (χ0v) is 14.8. The third-order valence-electron chi connectivity index (χ3n) is 5.01. The molecule has 6 nitrogen and oxygen atoms in total. The van der Waals surface area contributed by atoms with Crippen molar-refractivity contribution in [2.75, 3.05) is 24.5 Å². The number of aryl methyl sites for hydroxylation is 1. The van der Waals surface area contributed by atoms with Crippen LogP contribution in [0.25, 0.3) is 0 Å². The van der Waals surface area contributed by atoms with Gasteiger partial charge in [-0.25, -0.2) is 8.42 Å². The average molecular weight is 350 g/mol. The van der Waals surface area contributed by atoms with Crippen LogP contribution in [0, 0.1) is 0 Å². The van der Waals surface area contributed by atoms with E-state index in [0.717, 1.165) is 36.2 Å². The Hall–Kier alpha value is -1.44. The predicted molar refractivity (Wildman–Crippen MR) is 89.6 cm³/mol. The number of sulfonamides is 1. The Kier molecular flexibility index (Phi) is 3.71. The maximum atomic E-state index is 13.1. The van der Waals surface area contributed by atoms with Crippen LogP contribution in [0.4, 0.5) is 5.69 Å². The van der Waals surface area contributed by atoms with E-state index in [1.165, 1.54) is 4.31 Å². The van der Waals surface area contributed by atoms with Crippen LogP contribution in [-0.2, 0) is 32.4 Å². The second-order valence-electron chi connectivity index (χ2n) is 7.00. The Bertz CT molecular complexity index is 795. The summed E-state index contributed by atoms with van der Waals surface area (Å²) >= 11 is 0. The summed E-state index contributed by atoms with van der Waals surface area (Å²) in [4.78, 5) is 14.3. The van der Waals surface area contributed by atoms with Gasteiger partial charge in [0.1, 0.15) is 0 Å². The molecule has 4 rings (SSSR count). The number of hydrogen-bond donors (Lipinski definition) is 0. The Morgan fingerprint density at radius 1 is 1.12 bits per heavy atom. The van der Waals surface area contributed by atoms with Crippen molar-refractivity contribution in [3.05, 3.63) is 23.3 Å². The molecule has 0 spiro atoms. The summed E-state index contributed by atoms with van der Waals surface area (Å²) in [7, 11) is -3.57. The summed E-state index contributed by atoms with van der Waals surface area (Å²) in [5, 5.41) is 0. The zero-order valence-electron chi connectivity index (χ0n) is 14.0. The van der Waals surface area contributed by atoms with Crippen molar-refractivity contribution < 1.29 is 17.9 Å². The van der Waals surface area contributed by atoms with Crippen LogP contribution < -0.4 is 4.90 Å². The number of amides is 1. The molecule has 1 amide bonds. The molecule has 1 saturated heterocycles. The number of carbonyl (C=O) groups excluding carboxylic acids is 1. The first-order chi connectivity index (χ1) is 11.4. The fourth-order valence-electron chi connectivity index (χ4n) is 4.07. The average Bonchev–Trinajstić information content (AvgIpc) is 2.84. The molecule has 0 aromatic heterocycles. The van der Waals surface area contributed by atoms with Gasteiger partial charge in [0.15, 0.2) is 0 Å². The molecule has 3 aliphatic rings. The largest absolute Gasteiger partial charge is 0.373 e. The first-order valence-electron chi connectivity index (χ1n) is 8.48. The Morgan fingerprint density at radius 2 is 1.79 bits per heavy atom. The van der Waals surface area contributed by atoms with Gasteiger partial charge in [-0.15, -0.1) is 0 Å². The maximum absolute atomic E-state index is 13.1. The highest BCUT2D eigenvalue weighted by molar-refractivity contribution is 7.89. The third-order valence-corrected chi connectivity index (χ3v) is 6.82. The van der Waals surface area contributed by atoms with E-state index in [9.17, 15) is 13.2 Å². The van der Waals surface area contributed by atoms with Crippen LogP contribution in [0.1, 0.15) is 31.4 Å². The van der Waals surface area contributed by atoms with Crippen LogP contribution in [-0.4, -0.2) is 50.5 Å². The number of hydrogen-bond acceptors (Lipinski definition) is 4. The number of morpholine rings is 1. The molecule has 1 aromatic rings. The van der Waals surface area contributed by atoms with E-state index in [1.807, 2.05) is 18.7 Å². The minimum atomic E-state index is -3.57. The first kappa shape index (κ1) is 16.1. The standard InChI is InChI=1S/C17H22N2O4S/c1-11-9-18(10-12(2)23-11)24(21,22)15-6-13-4-3-5-19-16(20)8-14(7-15)17(13)19/h6-7,11-12H,3-5,8-10H2,1-2H3/t11-,12-/m0/s1. The maximum Gasteiger partial charge on any atom is 0.243 e. The second kappa shape index (κ2) is 5.54. The van der Waals surface area contributed by atoms with Crippen LogP contribution in [0.3, 0.4) is 0 Å². The zero-order chi connectivity index (χ0) is 17.1. The van der Waals surface area contributed by atoms with E-state index in [0.29, 0.717) is 24.4 Å². The van der Waals surface area contributed by atoms with Crippen LogP contribution in [0.15, 0.2) is 17.0 Å². The molecule has 7 heteroatoms. The normalized spacial score (nSPS) is 27.4. The molecule has 0 unspecified atom stereocenters. The molecule has 0 aliphatic carbocycles. The smallest absolute Gasteiger partial charge is 0.243 e. The SMILES string of the molecule is C[C@H]1CN(S(=O)(=O)c2cc3c4c(c2)CC(=O)N4CCC3)C[C@H](C)O1. The molecule has 0 bridgehead atoms. The van der Waals surface area contributed by atoms with E-state index in [1.54, 1.807) is 12.1 Å². The summed E-state index contributed by atoms with van der Waals surface area (Å²) in [6.07, 6.45) is 1.78. The minimum absolute atomic E-state index is 0.0779. The van der Waals surface area contributed by atoms with E-state index in [4.69, 9.17) is 4.74 Å². The number of benzene rings is 1. The van der Waals surface area contributed by atoms with Gasteiger partial charge in [0, 0.05) is 19.6 Å². The lowest BCUT2D eigenvalue weighted by molar-refractivity contribution is -0.117. The predicted octanol–water partition coefficient (Wildman–Crippen LogP) is 1.32. The van der Waals surface area contributed by atoms with E-state index in [2.05, 4.69) is 0 Å². The lowest BCUT2D eigenvalue weighted by Gasteiger charge is -2.34. The van der Waals surface area contributed by atoms with Crippen molar-refractivity contribution in [3.8, 4) is 0 Å². The quantitative estimate of drug-likeness (QED) is 0.807. The van der Waals surface area contributed by atoms with Crippen molar-refractivity contribution in [3.63, 3.8) is 0 Å². The second-order valence-corrected chi connectivity index (χ2v) is 8.93. The number of nitrogens with zero attached hydrogens (tertiary/aromatic N) is 2. The highest BCUT2D eigenvalue weighted by Gasteiger charge is 2.36. The van der Waals surface area contributed by atoms with Gasteiger partial charge in [-0.2, -0.15) is 4.31 Å². The Labute approximate surface area is 142 Å². The van der Waals surface area contributed by atoms with Gasteiger partial charge < -0.3 is 9.64 Å². The fourth-order valence-corrected chi connectivity index (χ4v) is 5.77. The molecule has 0 saturated carbocycles. The molecule has 3 aliphatic heterocycles. The lowest BCUT2D eigenvalue weighted by atomic mass is 10.0. The van der Waals surface area contributed by atoms with Crippen molar-refractivity contribution >= 4 is 21.6 Å². The van der Waals surface area contributed by atoms with Crippen LogP contribution >= 0.6 is 0 Å². The summed E-state index contributed by atoms with van der Waals surface area (Å²) in [6.45, 7) is 5.25. The van der Waals surface area contributed by atoms with Crippen LogP contribution in [0.2, 0.25) is 0 Å². The van der Waals surface area contributed by atoms with Crippen molar-refractivity contribution in [2.24, 2.45) is 0 Å². The van der Waals surface area contributed by atoms with Gasteiger partial charge in [0.2, 0.25) is 15.9 Å². The van der Waals surface area contributed by atoms with Gasteiger partial charge in [0.25, 0.3) is 0 Å². The summed E-state index contributed by atoms with van der Waals surface area (Å²) in [5.41, 5.74) is 2.79. The van der Waals surface area contributed by atoms with Gasteiger partial charge >= 0.3 is 0 Å². The number of anilines is 1. The first-order valence-corrected chi connectivity index (χ1v) is 9.92. The molecule has 2 atom stereocenters. The molecule has 1 aromatic carbocycles. The monoisotopic (exact) mass is 350 g/mol. The molecule has 3 heterocycles. The Balaban J connectivity index is 1.75. The highest BCUT2D eigenvalue weighted by Crippen LogP contribution is 2.39. The number of carbonyl (C=O) groups is 1. The minimum Gasteiger partial charge on any atom is -0.373 e. The summed E-state index contributed by atoms with van der Waals surface area (Å²) in [5.74, 6) is 0.0779. The summed E-state index contributed by atoms with van der Waals surface area (Å²) in [6, 6.07) is 3.46. The molecule has 24 heavy (non-hydrogen) atoms. The van der Waals surface area contributed by atoms with Gasteiger partial charge in [-0.05, 0) is 49.9 Å². The lowest BCUT2D eigenvalue weighted by Crippen LogP contribution is -2.48. The van der Waals surface area contributed by atoms with Gasteiger partial charge in [-0.1, -0.05) is 0 Å². The van der Waals surface area contributed by atoms with Crippen LogP contribution in [0.5, 0.6) is 0 Å². The van der Waals surface area contributed by atoms with Gasteiger partial charge in [0.05, 0.1) is 29.2 Å². The van der Waals surface area contributed by atoms with Crippen molar-refractivity contribution in [1.29, 1.82) is 0 Å².